The van der Waals surface area contributed by atoms with E-state index >= 15 is 0 Å². The van der Waals surface area contributed by atoms with Gasteiger partial charge in [0.25, 0.3) is 0 Å². The van der Waals surface area contributed by atoms with Crippen LogP contribution in [0.1, 0.15) is 29.7 Å². The maximum Gasteiger partial charge on any atom is 0.171 e. The molecule has 0 aromatic heterocycles. The molecule has 0 amide bonds. The van der Waals surface area contributed by atoms with Crippen LogP contribution in [0.2, 0.25) is 0 Å². The number of nitrogens with one attached hydrogen (secondary N) is 2. The molecule has 2 aromatic rings. The molecule has 0 bridgehead atoms. The van der Waals surface area contributed by atoms with Crippen LogP contribution in [0, 0.1) is 13.8 Å². The van der Waals surface area contributed by atoms with Crippen molar-refractivity contribution >= 4 is 23.0 Å². The lowest BCUT2D eigenvalue weighted by atomic mass is 10.0. The molecule has 1 atom stereocenters. The Morgan fingerprint density at radius 2 is 2.04 bits per heavy atom. The maximum atomic E-state index is 5.53. The fourth-order valence-corrected chi connectivity index (χ4v) is 2.87. The summed E-state index contributed by atoms with van der Waals surface area (Å²) in [4.78, 5) is 0. The second-order valence-electron chi connectivity index (χ2n) is 5.81. The highest BCUT2D eigenvalue weighted by atomic mass is 32.1. The molecule has 24 heavy (non-hydrogen) atoms. The zero-order valence-electron chi connectivity index (χ0n) is 14.4. The molecule has 0 spiro atoms. The Kier molecular flexibility index (Phi) is 6.38. The highest BCUT2D eigenvalue weighted by Crippen LogP contribution is 2.20. The average Bonchev–Trinajstić information content (AvgIpc) is 2.53. The van der Waals surface area contributed by atoms with Crippen LogP contribution >= 0.6 is 12.2 Å². The van der Waals surface area contributed by atoms with Gasteiger partial charge in [0, 0.05) is 11.8 Å². The van der Waals surface area contributed by atoms with Gasteiger partial charge in [-0.05, 0) is 56.2 Å². The van der Waals surface area contributed by atoms with Gasteiger partial charge >= 0.3 is 0 Å². The maximum absolute atomic E-state index is 5.53. The first-order valence-electron chi connectivity index (χ1n) is 7.98. The lowest BCUT2D eigenvalue weighted by Gasteiger charge is -2.19. The van der Waals surface area contributed by atoms with Crippen molar-refractivity contribution in [1.82, 2.24) is 5.32 Å². The van der Waals surface area contributed by atoms with Crippen LogP contribution in [0.25, 0.3) is 0 Å². The van der Waals surface area contributed by atoms with Crippen molar-refractivity contribution in [2.45, 2.75) is 26.8 Å². The van der Waals surface area contributed by atoms with E-state index in [2.05, 4.69) is 56.2 Å². The molecule has 0 aliphatic heterocycles. The van der Waals surface area contributed by atoms with Crippen molar-refractivity contribution in [3.63, 3.8) is 0 Å². The van der Waals surface area contributed by atoms with Gasteiger partial charge < -0.3 is 15.4 Å². The Morgan fingerprint density at radius 1 is 1.25 bits per heavy atom. The van der Waals surface area contributed by atoms with Gasteiger partial charge in [0.1, 0.15) is 12.4 Å². The third-order valence-corrected chi connectivity index (χ3v) is 3.92. The summed E-state index contributed by atoms with van der Waals surface area (Å²) < 4.78 is 5.53. The Balaban J connectivity index is 1.98. The lowest BCUT2D eigenvalue weighted by molar-refractivity contribution is 0.363. The SMILES string of the molecule is C=CCOc1cccc(NC(=S)N[C@@H](C)c2ccc(C)cc2C)c1. The second-order valence-corrected chi connectivity index (χ2v) is 6.22. The number of aryl methyl sites for hydroxylation is 2. The van der Waals surface area contributed by atoms with Gasteiger partial charge in [-0.1, -0.05) is 42.5 Å². The van der Waals surface area contributed by atoms with Gasteiger partial charge in [-0.2, -0.15) is 0 Å². The van der Waals surface area contributed by atoms with Crippen LogP contribution in [0.5, 0.6) is 5.75 Å². The number of benzene rings is 2. The third-order valence-electron chi connectivity index (χ3n) is 3.70. The molecular formula is C20H24N2OS. The summed E-state index contributed by atoms with van der Waals surface area (Å²) in [6, 6.07) is 14.3. The zero-order valence-corrected chi connectivity index (χ0v) is 15.2. The van der Waals surface area contributed by atoms with Crippen molar-refractivity contribution in [1.29, 1.82) is 0 Å². The number of hydrogen-bond acceptors (Lipinski definition) is 2. The Morgan fingerprint density at radius 3 is 2.75 bits per heavy atom. The highest BCUT2D eigenvalue weighted by molar-refractivity contribution is 7.80. The molecule has 0 aliphatic carbocycles. The quantitative estimate of drug-likeness (QED) is 0.578. The molecule has 0 saturated heterocycles. The zero-order chi connectivity index (χ0) is 17.5. The number of rotatable bonds is 6. The van der Waals surface area contributed by atoms with Crippen molar-refractivity contribution in [3.8, 4) is 5.75 Å². The van der Waals surface area contributed by atoms with Crippen LogP contribution in [0.3, 0.4) is 0 Å². The summed E-state index contributed by atoms with van der Waals surface area (Å²) in [5.41, 5.74) is 4.66. The first-order valence-corrected chi connectivity index (χ1v) is 8.39. The monoisotopic (exact) mass is 340 g/mol. The third kappa shape index (κ3) is 5.10. The minimum atomic E-state index is 0.130. The van der Waals surface area contributed by atoms with E-state index in [-0.39, 0.29) is 6.04 Å². The van der Waals surface area contributed by atoms with Crippen LogP contribution in [0.4, 0.5) is 5.69 Å². The van der Waals surface area contributed by atoms with Gasteiger partial charge in [-0.25, -0.2) is 0 Å². The molecule has 0 fully saturated rings. The molecule has 0 heterocycles. The van der Waals surface area contributed by atoms with Crippen molar-refractivity contribution in [2.75, 3.05) is 11.9 Å². The molecule has 0 saturated carbocycles. The first-order chi connectivity index (χ1) is 11.5. The highest BCUT2D eigenvalue weighted by Gasteiger charge is 2.10. The molecule has 2 aromatic carbocycles. The summed E-state index contributed by atoms with van der Waals surface area (Å²) >= 11 is 5.43. The predicted molar refractivity (Wildman–Crippen MR) is 106 cm³/mol. The van der Waals surface area contributed by atoms with E-state index in [4.69, 9.17) is 17.0 Å². The molecule has 2 N–H and O–H groups in total. The number of ether oxygens (including phenoxy) is 1. The predicted octanol–water partition coefficient (Wildman–Crippen LogP) is 4.92. The molecule has 4 heteroatoms. The van der Waals surface area contributed by atoms with E-state index in [0.717, 1.165) is 11.4 Å². The molecule has 2 rings (SSSR count). The van der Waals surface area contributed by atoms with Crippen molar-refractivity contribution in [3.05, 3.63) is 71.8 Å². The normalized spacial score (nSPS) is 11.5. The Bertz CT molecular complexity index is 727. The van der Waals surface area contributed by atoms with E-state index < -0.39 is 0 Å². The standard InChI is InChI=1S/C20H24N2OS/c1-5-11-23-18-8-6-7-17(13-18)22-20(24)21-16(4)19-10-9-14(2)12-15(19)3/h5-10,12-13,16H,1,11H2,2-4H3,(H2,21,22,24)/t16-/m0/s1. The van der Waals surface area contributed by atoms with E-state index in [0.29, 0.717) is 11.7 Å². The molecule has 0 radical (unpaired) electrons. The molecule has 126 valence electrons. The summed E-state index contributed by atoms with van der Waals surface area (Å²) in [6.45, 7) is 10.5. The lowest BCUT2D eigenvalue weighted by Crippen LogP contribution is -2.31. The second kappa shape index (κ2) is 8.50. The molecular weight excluding hydrogens is 316 g/mol. The van der Waals surface area contributed by atoms with Crippen LogP contribution in [-0.2, 0) is 0 Å². The number of hydrogen-bond donors (Lipinski definition) is 2. The van der Waals surface area contributed by atoms with Gasteiger partial charge in [0.15, 0.2) is 5.11 Å². The minimum absolute atomic E-state index is 0.130. The van der Waals surface area contributed by atoms with Gasteiger partial charge in [-0.3, -0.25) is 0 Å². The van der Waals surface area contributed by atoms with E-state index in [9.17, 15) is 0 Å². The van der Waals surface area contributed by atoms with E-state index in [1.165, 1.54) is 16.7 Å². The van der Waals surface area contributed by atoms with Crippen LogP contribution < -0.4 is 15.4 Å². The van der Waals surface area contributed by atoms with Crippen LogP contribution in [0.15, 0.2) is 55.1 Å². The summed E-state index contributed by atoms with van der Waals surface area (Å²) in [5, 5.41) is 7.12. The molecule has 0 aliphatic rings. The van der Waals surface area contributed by atoms with Crippen molar-refractivity contribution < 1.29 is 4.74 Å². The smallest absolute Gasteiger partial charge is 0.171 e. The number of anilines is 1. The van der Waals surface area contributed by atoms with Gasteiger partial charge in [-0.15, -0.1) is 0 Å². The summed E-state index contributed by atoms with van der Waals surface area (Å²) in [6.07, 6.45) is 1.72. The first kappa shape index (κ1) is 18.0. The molecule has 3 nitrogen and oxygen atoms in total. The van der Waals surface area contributed by atoms with Gasteiger partial charge in [0.05, 0.1) is 6.04 Å². The average molecular weight is 340 g/mol. The summed E-state index contributed by atoms with van der Waals surface area (Å²) in [7, 11) is 0. The van der Waals surface area contributed by atoms with Crippen LogP contribution in [-0.4, -0.2) is 11.7 Å². The fraction of sp³-hybridized carbons (Fsp3) is 0.250. The largest absolute Gasteiger partial charge is 0.489 e. The van der Waals surface area contributed by atoms with Gasteiger partial charge in [0.2, 0.25) is 0 Å². The molecule has 0 unspecified atom stereocenters. The van der Waals surface area contributed by atoms with Crippen molar-refractivity contribution in [2.24, 2.45) is 0 Å². The van der Waals surface area contributed by atoms with E-state index in [1.807, 2.05) is 24.3 Å². The Hall–Kier alpha value is -2.33. The topological polar surface area (TPSA) is 33.3 Å². The fourth-order valence-electron chi connectivity index (χ4n) is 2.57. The van der Waals surface area contributed by atoms with E-state index in [1.54, 1.807) is 6.08 Å². The summed E-state index contributed by atoms with van der Waals surface area (Å²) in [5.74, 6) is 0.783. The minimum Gasteiger partial charge on any atom is -0.489 e. The number of thiocarbonyl (C=S) groups is 1. The Labute approximate surface area is 149 Å².